The van der Waals surface area contributed by atoms with E-state index in [-0.39, 0.29) is 6.04 Å². The first-order valence-corrected chi connectivity index (χ1v) is 4.89. The van der Waals surface area contributed by atoms with Crippen molar-refractivity contribution >= 4 is 0 Å². The first-order valence-electron chi connectivity index (χ1n) is 4.89. The third-order valence-corrected chi connectivity index (χ3v) is 2.94. The largest absolute Gasteiger partial charge is 0.322 e. The summed E-state index contributed by atoms with van der Waals surface area (Å²) < 4.78 is 0. The van der Waals surface area contributed by atoms with E-state index in [1.54, 1.807) is 0 Å². The lowest BCUT2D eigenvalue weighted by molar-refractivity contribution is 0.402. The van der Waals surface area contributed by atoms with Gasteiger partial charge in [-0.05, 0) is 36.8 Å². The van der Waals surface area contributed by atoms with E-state index in [1.165, 1.54) is 17.5 Å². The Morgan fingerprint density at radius 3 is 3.08 bits per heavy atom. The van der Waals surface area contributed by atoms with Crippen LogP contribution in [0.3, 0.4) is 0 Å². The molecule has 2 unspecified atom stereocenters. The number of nitrogens with zero attached hydrogens (tertiary/aromatic N) is 1. The highest BCUT2D eigenvalue weighted by atomic mass is 14.8. The van der Waals surface area contributed by atoms with Gasteiger partial charge < -0.3 is 5.73 Å². The van der Waals surface area contributed by atoms with Crippen LogP contribution in [0.25, 0.3) is 0 Å². The zero-order valence-electron chi connectivity index (χ0n) is 8.25. The molecule has 2 N–H and O–H groups in total. The van der Waals surface area contributed by atoms with Crippen LogP contribution in [0.15, 0.2) is 12.3 Å². The summed E-state index contributed by atoms with van der Waals surface area (Å²) in [7, 11) is 0. The van der Waals surface area contributed by atoms with Gasteiger partial charge in [-0.25, -0.2) is 0 Å². The van der Waals surface area contributed by atoms with Crippen LogP contribution < -0.4 is 5.73 Å². The molecule has 0 spiro atoms. The zero-order chi connectivity index (χ0) is 9.42. The predicted octanol–water partition coefficient (Wildman–Crippen LogP) is 1.97. The normalized spacial score (nSPS) is 27.0. The molecule has 0 amide bonds. The highest BCUT2D eigenvalue weighted by molar-refractivity contribution is 5.29. The number of fused-ring (bicyclic) bond motifs is 1. The van der Waals surface area contributed by atoms with E-state index < -0.39 is 0 Å². The van der Waals surface area contributed by atoms with Crippen LogP contribution in [0.5, 0.6) is 0 Å². The minimum absolute atomic E-state index is 0.143. The summed E-state index contributed by atoms with van der Waals surface area (Å²) in [5.74, 6) is 0.572. The molecular weight excluding hydrogens is 160 g/mol. The molecule has 13 heavy (non-hydrogen) atoms. The summed E-state index contributed by atoms with van der Waals surface area (Å²) in [4.78, 5) is 4.43. The van der Waals surface area contributed by atoms with Crippen LogP contribution in [0.2, 0.25) is 0 Å². The van der Waals surface area contributed by atoms with Crippen LogP contribution in [0, 0.1) is 12.8 Å². The molecule has 1 aliphatic carbocycles. The monoisotopic (exact) mass is 176 g/mol. The maximum Gasteiger partial charge on any atom is 0.0605 e. The van der Waals surface area contributed by atoms with Crippen molar-refractivity contribution in [3.8, 4) is 0 Å². The number of nitrogens with two attached hydrogens (primary N) is 1. The highest BCUT2D eigenvalue weighted by Gasteiger charge is 2.24. The quantitative estimate of drug-likeness (QED) is 0.656. The van der Waals surface area contributed by atoms with Crippen molar-refractivity contribution < 1.29 is 0 Å². The number of rotatable bonds is 0. The summed E-state index contributed by atoms with van der Waals surface area (Å²) in [5, 5.41) is 0. The van der Waals surface area contributed by atoms with E-state index >= 15 is 0 Å². The van der Waals surface area contributed by atoms with Gasteiger partial charge in [-0.2, -0.15) is 0 Å². The van der Waals surface area contributed by atoms with Gasteiger partial charge in [0.1, 0.15) is 0 Å². The molecule has 2 rings (SSSR count). The maximum absolute atomic E-state index is 6.08. The van der Waals surface area contributed by atoms with Gasteiger partial charge in [0, 0.05) is 12.2 Å². The summed E-state index contributed by atoms with van der Waals surface area (Å²) in [5.41, 5.74) is 9.78. The SMILES string of the molecule is Cc1cnc2c(c1)CCC(C)C2N. The highest BCUT2D eigenvalue weighted by Crippen LogP contribution is 2.30. The summed E-state index contributed by atoms with van der Waals surface area (Å²) in [6.07, 6.45) is 4.24. The molecule has 0 bridgehead atoms. The van der Waals surface area contributed by atoms with Crippen molar-refractivity contribution in [3.05, 3.63) is 29.1 Å². The molecule has 0 radical (unpaired) electrons. The second kappa shape index (κ2) is 3.11. The summed E-state index contributed by atoms with van der Waals surface area (Å²) >= 11 is 0. The second-order valence-electron chi connectivity index (χ2n) is 4.10. The standard InChI is InChI=1S/C11H16N2/c1-7-5-9-4-3-8(2)10(12)11(9)13-6-7/h5-6,8,10H,3-4,12H2,1-2H3. The molecule has 70 valence electrons. The minimum atomic E-state index is 0.143. The predicted molar refractivity (Wildman–Crippen MR) is 53.4 cm³/mol. The Kier molecular flexibility index (Phi) is 2.08. The third-order valence-electron chi connectivity index (χ3n) is 2.94. The molecule has 2 atom stereocenters. The van der Waals surface area contributed by atoms with E-state index in [9.17, 15) is 0 Å². The van der Waals surface area contributed by atoms with Crippen molar-refractivity contribution in [3.63, 3.8) is 0 Å². The molecule has 0 saturated heterocycles. The van der Waals surface area contributed by atoms with Crippen molar-refractivity contribution in [2.24, 2.45) is 11.7 Å². The van der Waals surface area contributed by atoms with Gasteiger partial charge in [0.05, 0.1) is 5.69 Å². The lowest BCUT2D eigenvalue weighted by Gasteiger charge is -2.27. The van der Waals surface area contributed by atoms with E-state index in [1.807, 2.05) is 6.20 Å². The molecule has 0 saturated carbocycles. The molecule has 2 nitrogen and oxygen atoms in total. The first kappa shape index (κ1) is 8.70. The molecule has 0 aliphatic heterocycles. The Balaban J connectivity index is 2.44. The lowest BCUT2D eigenvalue weighted by atomic mass is 9.84. The second-order valence-corrected chi connectivity index (χ2v) is 4.10. The molecule has 1 aromatic heterocycles. The van der Waals surface area contributed by atoms with Crippen molar-refractivity contribution in [1.82, 2.24) is 4.98 Å². The molecule has 1 aliphatic rings. The van der Waals surface area contributed by atoms with Crippen molar-refractivity contribution in [1.29, 1.82) is 0 Å². The van der Waals surface area contributed by atoms with Gasteiger partial charge in [-0.3, -0.25) is 4.98 Å². The Labute approximate surface area is 79.2 Å². The number of hydrogen-bond donors (Lipinski definition) is 1. The molecule has 0 aromatic carbocycles. The fourth-order valence-corrected chi connectivity index (χ4v) is 1.97. The van der Waals surface area contributed by atoms with E-state index in [4.69, 9.17) is 5.73 Å². The average molecular weight is 176 g/mol. The fourth-order valence-electron chi connectivity index (χ4n) is 1.97. The van der Waals surface area contributed by atoms with E-state index in [0.717, 1.165) is 12.1 Å². The van der Waals surface area contributed by atoms with Crippen LogP contribution in [-0.2, 0) is 6.42 Å². The Morgan fingerprint density at radius 2 is 2.31 bits per heavy atom. The van der Waals surface area contributed by atoms with Crippen LogP contribution in [-0.4, -0.2) is 4.98 Å². The zero-order valence-corrected chi connectivity index (χ0v) is 8.25. The Morgan fingerprint density at radius 1 is 1.54 bits per heavy atom. The summed E-state index contributed by atoms with van der Waals surface area (Å²) in [6, 6.07) is 2.36. The minimum Gasteiger partial charge on any atom is -0.322 e. The Hall–Kier alpha value is -0.890. The molecule has 2 heteroatoms. The Bertz CT molecular complexity index is 320. The van der Waals surface area contributed by atoms with Gasteiger partial charge in [-0.15, -0.1) is 0 Å². The fraction of sp³-hybridized carbons (Fsp3) is 0.545. The van der Waals surface area contributed by atoms with Crippen LogP contribution in [0.4, 0.5) is 0 Å². The van der Waals surface area contributed by atoms with Gasteiger partial charge in [-0.1, -0.05) is 13.0 Å². The van der Waals surface area contributed by atoms with Crippen LogP contribution >= 0.6 is 0 Å². The lowest BCUT2D eigenvalue weighted by Crippen LogP contribution is -2.26. The van der Waals surface area contributed by atoms with Gasteiger partial charge in [0.2, 0.25) is 0 Å². The number of pyridine rings is 1. The molecular formula is C11H16N2. The van der Waals surface area contributed by atoms with Crippen molar-refractivity contribution in [2.75, 3.05) is 0 Å². The van der Waals surface area contributed by atoms with Gasteiger partial charge in [0.25, 0.3) is 0 Å². The summed E-state index contributed by atoms with van der Waals surface area (Å²) in [6.45, 7) is 4.28. The van der Waals surface area contributed by atoms with E-state index in [0.29, 0.717) is 5.92 Å². The number of hydrogen-bond acceptors (Lipinski definition) is 2. The van der Waals surface area contributed by atoms with E-state index in [2.05, 4.69) is 24.9 Å². The molecule has 1 heterocycles. The maximum atomic E-state index is 6.08. The topological polar surface area (TPSA) is 38.9 Å². The first-order chi connectivity index (χ1) is 6.18. The average Bonchev–Trinajstić information content (AvgIpc) is 2.12. The van der Waals surface area contributed by atoms with Crippen LogP contribution in [0.1, 0.15) is 36.2 Å². The van der Waals surface area contributed by atoms with Gasteiger partial charge >= 0.3 is 0 Å². The number of aromatic nitrogens is 1. The van der Waals surface area contributed by atoms with Gasteiger partial charge in [0.15, 0.2) is 0 Å². The third kappa shape index (κ3) is 1.46. The smallest absolute Gasteiger partial charge is 0.0605 e. The molecule has 0 fully saturated rings. The number of aryl methyl sites for hydroxylation is 2. The molecule has 1 aromatic rings. The van der Waals surface area contributed by atoms with Crippen molar-refractivity contribution in [2.45, 2.75) is 32.7 Å².